The molecule has 0 unspecified atom stereocenters. The van der Waals surface area contributed by atoms with Crippen LogP contribution in [-0.4, -0.2) is 5.91 Å². The molecule has 2 nitrogen and oxygen atoms in total. The summed E-state index contributed by atoms with van der Waals surface area (Å²) in [7, 11) is 0. The van der Waals surface area contributed by atoms with Gasteiger partial charge in [-0.1, -0.05) is 6.07 Å². The third-order valence-corrected chi connectivity index (χ3v) is 3.79. The van der Waals surface area contributed by atoms with Crippen molar-refractivity contribution in [2.45, 2.75) is 6.92 Å². The Labute approximate surface area is 111 Å². The Morgan fingerprint density at radius 1 is 1.35 bits per heavy atom. The second kappa shape index (κ2) is 4.98. The van der Waals surface area contributed by atoms with Crippen molar-refractivity contribution in [3.63, 3.8) is 0 Å². The van der Waals surface area contributed by atoms with Gasteiger partial charge in [0.1, 0.15) is 5.82 Å². The number of nitrogens with one attached hydrogen (secondary N) is 1. The molecule has 1 aromatic carbocycles. The molecule has 0 saturated heterocycles. The van der Waals surface area contributed by atoms with Gasteiger partial charge in [0.2, 0.25) is 0 Å². The average Bonchev–Trinajstić information content (AvgIpc) is 2.70. The average molecular weight is 314 g/mol. The number of hydrogen-bond donors (Lipinski definition) is 1. The smallest absolute Gasteiger partial charge is 0.265 e. The summed E-state index contributed by atoms with van der Waals surface area (Å²) < 4.78 is 14.3. The van der Waals surface area contributed by atoms with E-state index in [4.69, 9.17) is 0 Å². The van der Waals surface area contributed by atoms with Crippen LogP contribution in [0.1, 0.15) is 15.2 Å². The largest absolute Gasteiger partial charge is 0.319 e. The summed E-state index contributed by atoms with van der Waals surface area (Å²) in [6.45, 7) is 1.84. The third kappa shape index (κ3) is 2.92. The van der Waals surface area contributed by atoms with Crippen LogP contribution in [0, 0.1) is 12.7 Å². The fourth-order valence-corrected chi connectivity index (χ4v) is 2.64. The van der Waals surface area contributed by atoms with Gasteiger partial charge in [0, 0.05) is 0 Å². The SMILES string of the molecule is Cc1ccc(F)c(NC(=O)c2ccc(Br)s2)c1. The molecule has 0 aliphatic rings. The van der Waals surface area contributed by atoms with Gasteiger partial charge in [0.25, 0.3) is 5.91 Å². The molecule has 0 fully saturated rings. The molecule has 1 N–H and O–H groups in total. The number of carbonyl (C=O) groups is 1. The van der Waals surface area contributed by atoms with Crippen molar-refractivity contribution in [3.8, 4) is 0 Å². The molecular formula is C12H9BrFNOS. The lowest BCUT2D eigenvalue weighted by Gasteiger charge is -2.05. The number of anilines is 1. The van der Waals surface area contributed by atoms with Crippen molar-refractivity contribution >= 4 is 38.9 Å². The molecule has 0 aliphatic heterocycles. The fraction of sp³-hybridized carbons (Fsp3) is 0.0833. The standard InChI is InChI=1S/C12H9BrFNOS/c1-7-2-3-8(14)9(6-7)15-12(16)10-4-5-11(13)17-10/h2-6H,1H3,(H,15,16). The molecule has 0 aliphatic carbocycles. The van der Waals surface area contributed by atoms with E-state index in [0.717, 1.165) is 9.35 Å². The van der Waals surface area contributed by atoms with Crippen molar-refractivity contribution in [3.05, 3.63) is 50.4 Å². The molecule has 2 rings (SSSR count). The fourth-order valence-electron chi connectivity index (χ4n) is 1.36. The van der Waals surface area contributed by atoms with E-state index in [-0.39, 0.29) is 11.6 Å². The zero-order valence-electron chi connectivity index (χ0n) is 8.96. The number of halogens is 2. The van der Waals surface area contributed by atoms with Crippen molar-refractivity contribution in [1.29, 1.82) is 0 Å². The van der Waals surface area contributed by atoms with Crippen LogP contribution in [-0.2, 0) is 0 Å². The van der Waals surface area contributed by atoms with E-state index in [1.807, 2.05) is 6.92 Å². The normalized spacial score (nSPS) is 10.3. The Morgan fingerprint density at radius 3 is 2.76 bits per heavy atom. The van der Waals surface area contributed by atoms with Crippen LogP contribution in [0.3, 0.4) is 0 Å². The van der Waals surface area contributed by atoms with Crippen LogP contribution in [0.4, 0.5) is 10.1 Å². The molecule has 0 saturated carbocycles. The molecule has 0 spiro atoms. The predicted molar refractivity (Wildman–Crippen MR) is 71.1 cm³/mol. The zero-order chi connectivity index (χ0) is 12.4. The Bertz CT molecular complexity index is 567. The molecule has 0 atom stereocenters. The molecule has 1 heterocycles. The highest BCUT2D eigenvalue weighted by molar-refractivity contribution is 9.11. The van der Waals surface area contributed by atoms with E-state index in [1.165, 1.54) is 17.4 Å². The third-order valence-electron chi connectivity index (χ3n) is 2.17. The number of hydrogen-bond acceptors (Lipinski definition) is 2. The maximum atomic E-state index is 13.4. The highest BCUT2D eigenvalue weighted by atomic mass is 79.9. The summed E-state index contributed by atoms with van der Waals surface area (Å²) in [5.41, 5.74) is 1.11. The number of aryl methyl sites for hydroxylation is 1. The van der Waals surface area contributed by atoms with Crippen LogP contribution < -0.4 is 5.32 Å². The summed E-state index contributed by atoms with van der Waals surface area (Å²) >= 11 is 4.58. The molecule has 0 bridgehead atoms. The summed E-state index contributed by atoms with van der Waals surface area (Å²) in [6.07, 6.45) is 0. The Balaban J connectivity index is 2.21. The lowest BCUT2D eigenvalue weighted by Crippen LogP contribution is -2.11. The Morgan fingerprint density at radius 2 is 2.12 bits per heavy atom. The molecule has 5 heteroatoms. The molecular weight excluding hydrogens is 305 g/mol. The van der Waals surface area contributed by atoms with Crippen LogP contribution in [0.2, 0.25) is 0 Å². The van der Waals surface area contributed by atoms with Crippen molar-refractivity contribution in [1.82, 2.24) is 0 Å². The van der Waals surface area contributed by atoms with Gasteiger partial charge in [-0.05, 0) is 52.7 Å². The first kappa shape index (κ1) is 12.3. The predicted octanol–water partition coefficient (Wildman–Crippen LogP) is 4.21. The van der Waals surface area contributed by atoms with Gasteiger partial charge in [0.15, 0.2) is 0 Å². The number of thiophene rings is 1. The van der Waals surface area contributed by atoms with E-state index in [2.05, 4.69) is 21.2 Å². The number of carbonyl (C=O) groups excluding carboxylic acids is 1. The van der Waals surface area contributed by atoms with Crippen LogP contribution in [0.25, 0.3) is 0 Å². The maximum absolute atomic E-state index is 13.4. The highest BCUT2D eigenvalue weighted by Crippen LogP contribution is 2.23. The second-order valence-corrected chi connectivity index (χ2v) is 6.00. The summed E-state index contributed by atoms with van der Waals surface area (Å²) in [4.78, 5) is 12.3. The molecule has 1 amide bonds. The van der Waals surface area contributed by atoms with E-state index >= 15 is 0 Å². The second-order valence-electron chi connectivity index (χ2n) is 3.54. The van der Waals surface area contributed by atoms with Gasteiger partial charge in [-0.3, -0.25) is 4.79 Å². The van der Waals surface area contributed by atoms with Crippen LogP contribution >= 0.6 is 27.3 Å². The Hall–Kier alpha value is -1.20. The first-order valence-corrected chi connectivity index (χ1v) is 6.50. The monoisotopic (exact) mass is 313 g/mol. The molecule has 2 aromatic rings. The zero-order valence-corrected chi connectivity index (χ0v) is 11.4. The first-order valence-electron chi connectivity index (χ1n) is 4.89. The summed E-state index contributed by atoms with van der Waals surface area (Å²) in [5, 5.41) is 2.56. The maximum Gasteiger partial charge on any atom is 0.265 e. The molecule has 88 valence electrons. The topological polar surface area (TPSA) is 29.1 Å². The number of rotatable bonds is 2. The minimum atomic E-state index is -0.431. The van der Waals surface area contributed by atoms with E-state index in [1.54, 1.807) is 24.3 Å². The quantitative estimate of drug-likeness (QED) is 0.884. The van der Waals surface area contributed by atoms with E-state index in [9.17, 15) is 9.18 Å². The number of benzene rings is 1. The summed E-state index contributed by atoms with van der Waals surface area (Å²) in [6, 6.07) is 8.09. The minimum absolute atomic E-state index is 0.208. The highest BCUT2D eigenvalue weighted by Gasteiger charge is 2.11. The van der Waals surface area contributed by atoms with Crippen LogP contribution in [0.5, 0.6) is 0 Å². The lowest BCUT2D eigenvalue weighted by atomic mass is 10.2. The van der Waals surface area contributed by atoms with Gasteiger partial charge >= 0.3 is 0 Å². The molecule has 17 heavy (non-hydrogen) atoms. The van der Waals surface area contributed by atoms with Gasteiger partial charge < -0.3 is 5.32 Å². The van der Waals surface area contributed by atoms with Crippen molar-refractivity contribution in [2.24, 2.45) is 0 Å². The van der Waals surface area contributed by atoms with Crippen LogP contribution in [0.15, 0.2) is 34.1 Å². The van der Waals surface area contributed by atoms with Gasteiger partial charge in [-0.25, -0.2) is 4.39 Å². The lowest BCUT2D eigenvalue weighted by molar-refractivity contribution is 0.103. The van der Waals surface area contributed by atoms with E-state index in [0.29, 0.717) is 4.88 Å². The first-order chi connectivity index (χ1) is 8.06. The van der Waals surface area contributed by atoms with E-state index < -0.39 is 5.82 Å². The Kier molecular flexibility index (Phi) is 3.59. The van der Waals surface area contributed by atoms with Crippen molar-refractivity contribution in [2.75, 3.05) is 5.32 Å². The van der Waals surface area contributed by atoms with Gasteiger partial charge in [-0.2, -0.15) is 0 Å². The van der Waals surface area contributed by atoms with Crippen molar-refractivity contribution < 1.29 is 9.18 Å². The minimum Gasteiger partial charge on any atom is -0.319 e. The van der Waals surface area contributed by atoms with Gasteiger partial charge in [-0.15, -0.1) is 11.3 Å². The molecule has 1 aromatic heterocycles. The number of amides is 1. The summed E-state index contributed by atoms with van der Waals surface area (Å²) in [5.74, 6) is -0.732. The van der Waals surface area contributed by atoms with Gasteiger partial charge in [0.05, 0.1) is 14.4 Å². The molecule has 0 radical (unpaired) electrons.